The van der Waals surface area contributed by atoms with Crippen LogP contribution >= 0.6 is 0 Å². The monoisotopic (exact) mass is 361 g/mol. The molecule has 0 fully saturated rings. The Morgan fingerprint density at radius 2 is 2.12 bits per heavy atom. The molecule has 1 heterocycles. The van der Waals surface area contributed by atoms with Crippen LogP contribution in [0.3, 0.4) is 0 Å². The summed E-state index contributed by atoms with van der Waals surface area (Å²) >= 11 is 0. The summed E-state index contributed by atoms with van der Waals surface area (Å²) in [6.07, 6.45) is 1.01. The number of hydrogen-bond donors (Lipinski definition) is 2. The summed E-state index contributed by atoms with van der Waals surface area (Å²) in [5.41, 5.74) is 1.55. The van der Waals surface area contributed by atoms with Gasteiger partial charge in [0.15, 0.2) is 5.69 Å². The first-order chi connectivity index (χ1) is 12.5. The first-order valence-corrected chi connectivity index (χ1v) is 8.36. The molecule has 1 amide bonds. The number of carboxylic acid groups (broad SMARTS) is 1. The van der Waals surface area contributed by atoms with Crippen molar-refractivity contribution in [1.82, 2.24) is 15.1 Å². The Hall–Kier alpha value is -2.71. The fourth-order valence-corrected chi connectivity index (χ4v) is 2.23. The smallest absolute Gasteiger partial charge is 0.356 e. The Kier molecular flexibility index (Phi) is 7.31. The average Bonchev–Trinajstić information content (AvgIpc) is 3.14. The molecular weight excluding hydrogens is 338 g/mol. The van der Waals surface area contributed by atoms with Gasteiger partial charge in [0, 0.05) is 19.3 Å². The lowest BCUT2D eigenvalue weighted by atomic mass is 10.2. The minimum atomic E-state index is -1.08. The molecule has 0 spiro atoms. The summed E-state index contributed by atoms with van der Waals surface area (Å²) in [5.74, 6) is -1.29. The molecule has 0 aliphatic heterocycles. The lowest BCUT2D eigenvalue weighted by Crippen LogP contribution is -2.34. The van der Waals surface area contributed by atoms with E-state index in [9.17, 15) is 9.59 Å². The lowest BCUT2D eigenvalue weighted by molar-refractivity contribution is -0.132. The van der Waals surface area contributed by atoms with Crippen LogP contribution in [0.25, 0.3) is 5.69 Å². The van der Waals surface area contributed by atoms with Gasteiger partial charge >= 0.3 is 5.97 Å². The highest BCUT2D eigenvalue weighted by Gasteiger charge is 2.13. The summed E-state index contributed by atoms with van der Waals surface area (Å²) in [4.78, 5) is 23.0. The second-order valence-electron chi connectivity index (χ2n) is 5.55. The van der Waals surface area contributed by atoms with Gasteiger partial charge in [-0.2, -0.15) is 5.10 Å². The molecule has 1 aromatic heterocycles. The minimum absolute atomic E-state index is 0.0262. The number of benzene rings is 1. The van der Waals surface area contributed by atoms with Crippen LogP contribution in [-0.4, -0.2) is 52.7 Å². The van der Waals surface area contributed by atoms with Crippen molar-refractivity contribution in [2.24, 2.45) is 0 Å². The number of rotatable bonds is 10. The van der Waals surface area contributed by atoms with Crippen LogP contribution < -0.4 is 5.32 Å². The number of hydrogen-bond acceptors (Lipinski definition) is 5. The molecule has 1 aromatic carbocycles. The fourth-order valence-electron chi connectivity index (χ4n) is 2.23. The molecule has 0 bridgehead atoms. The molecule has 2 aromatic rings. The number of carbonyl (C=O) groups excluding carboxylic acids is 1. The zero-order chi connectivity index (χ0) is 18.9. The highest BCUT2D eigenvalue weighted by molar-refractivity contribution is 5.85. The van der Waals surface area contributed by atoms with E-state index in [1.54, 1.807) is 13.1 Å². The quantitative estimate of drug-likeness (QED) is 0.624. The maximum absolute atomic E-state index is 12.1. The first-order valence-electron chi connectivity index (χ1n) is 8.36. The summed E-state index contributed by atoms with van der Waals surface area (Å²) in [6, 6.07) is 8.76. The number of nitrogens with zero attached hydrogens (tertiary/aromatic N) is 2. The van der Waals surface area contributed by atoms with Gasteiger partial charge in [0.25, 0.3) is 0 Å². The van der Waals surface area contributed by atoms with Crippen molar-refractivity contribution in [2.75, 3.05) is 19.8 Å². The van der Waals surface area contributed by atoms with E-state index in [0.717, 1.165) is 5.56 Å². The molecule has 26 heavy (non-hydrogen) atoms. The minimum Gasteiger partial charge on any atom is -0.476 e. The van der Waals surface area contributed by atoms with Crippen LogP contribution in [0.4, 0.5) is 0 Å². The van der Waals surface area contributed by atoms with Crippen LogP contribution in [0.2, 0.25) is 0 Å². The second kappa shape index (κ2) is 9.69. The Morgan fingerprint density at radius 1 is 1.31 bits per heavy atom. The van der Waals surface area contributed by atoms with Crippen molar-refractivity contribution in [2.45, 2.75) is 26.5 Å². The van der Waals surface area contributed by atoms with Gasteiger partial charge in [0.05, 0.1) is 18.9 Å². The number of amides is 1. The highest BCUT2D eigenvalue weighted by atomic mass is 16.5. The predicted octanol–water partition coefficient (Wildman–Crippen LogP) is 1.63. The molecule has 0 radical (unpaired) electrons. The standard InChI is InChI=1S/C18H23N3O5/c1-3-25-9-10-26-13(2)17(22)19-12-14-5-4-6-15(11-14)21-8-7-16(20-21)18(23)24/h4-8,11,13H,3,9-10,12H2,1-2H3,(H,19,22)(H,23,24). The van der Waals surface area contributed by atoms with Crippen molar-refractivity contribution >= 4 is 11.9 Å². The number of carboxylic acids is 1. The van der Waals surface area contributed by atoms with Crippen LogP contribution in [0.15, 0.2) is 36.5 Å². The Labute approximate surface area is 151 Å². The predicted molar refractivity (Wildman–Crippen MR) is 94.3 cm³/mol. The van der Waals surface area contributed by atoms with Crippen molar-refractivity contribution < 1.29 is 24.2 Å². The summed E-state index contributed by atoms with van der Waals surface area (Å²) in [5, 5.41) is 15.7. The molecule has 1 unspecified atom stereocenters. The van der Waals surface area contributed by atoms with E-state index < -0.39 is 12.1 Å². The van der Waals surface area contributed by atoms with Crippen LogP contribution in [0.5, 0.6) is 0 Å². The van der Waals surface area contributed by atoms with Gasteiger partial charge in [-0.3, -0.25) is 4.79 Å². The third kappa shape index (κ3) is 5.68. The highest BCUT2D eigenvalue weighted by Crippen LogP contribution is 2.11. The van der Waals surface area contributed by atoms with Crippen LogP contribution in [0.1, 0.15) is 29.9 Å². The maximum Gasteiger partial charge on any atom is 0.356 e. The fraction of sp³-hybridized carbons (Fsp3) is 0.389. The van der Waals surface area contributed by atoms with Gasteiger partial charge < -0.3 is 19.9 Å². The summed E-state index contributed by atoms with van der Waals surface area (Å²) < 4.78 is 12.0. The molecule has 1 atom stereocenters. The van der Waals surface area contributed by atoms with E-state index in [4.69, 9.17) is 14.6 Å². The zero-order valence-electron chi connectivity index (χ0n) is 14.8. The molecule has 140 valence electrons. The number of carbonyl (C=O) groups is 2. The van der Waals surface area contributed by atoms with Gasteiger partial charge in [-0.05, 0) is 37.6 Å². The van der Waals surface area contributed by atoms with E-state index in [1.807, 2.05) is 31.2 Å². The molecule has 8 nitrogen and oxygen atoms in total. The number of aromatic nitrogens is 2. The molecular formula is C18H23N3O5. The van der Waals surface area contributed by atoms with Crippen molar-refractivity contribution in [3.63, 3.8) is 0 Å². The van der Waals surface area contributed by atoms with E-state index in [-0.39, 0.29) is 11.6 Å². The van der Waals surface area contributed by atoms with Gasteiger partial charge in [-0.1, -0.05) is 12.1 Å². The van der Waals surface area contributed by atoms with Gasteiger partial charge in [0.1, 0.15) is 6.10 Å². The normalized spacial score (nSPS) is 11.9. The second-order valence-corrected chi connectivity index (χ2v) is 5.55. The number of nitrogens with one attached hydrogen (secondary N) is 1. The zero-order valence-corrected chi connectivity index (χ0v) is 14.8. The molecule has 0 aliphatic rings. The average molecular weight is 361 g/mol. The maximum atomic E-state index is 12.1. The Balaban J connectivity index is 1.89. The third-order valence-corrected chi connectivity index (χ3v) is 3.62. The third-order valence-electron chi connectivity index (χ3n) is 3.62. The van der Waals surface area contributed by atoms with Crippen molar-refractivity contribution in [3.05, 3.63) is 47.8 Å². The summed E-state index contributed by atoms with van der Waals surface area (Å²) in [7, 11) is 0. The molecule has 8 heteroatoms. The molecule has 0 aliphatic carbocycles. The summed E-state index contributed by atoms with van der Waals surface area (Å²) in [6.45, 7) is 5.36. The largest absolute Gasteiger partial charge is 0.476 e. The van der Waals surface area contributed by atoms with E-state index in [2.05, 4.69) is 10.4 Å². The topological polar surface area (TPSA) is 103 Å². The molecule has 2 N–H and O–H groups in total. The van der Waals surface area contributed by atoms with Gasteiger partial charge in [-0.25, -0.2) is 9.48 Å². The number of ether oxygens (including phenoxy) is 2. The Morgan fingerprint density at radius 3 is 2.81 bits per heavy atom. The van der Waals surface area contributed by atoms with Crippen LogP contribution in [0, 0.1) is 0 Å². The van der Waals surface area contributed by atoms with E-state index in [1.165, 1.54) is 10.7 Å². The number of aromatic carboxylic acids is 1. The Bertz CT molecular complexity index is 744. The van der Waals surface area contributed by atoms with Crippen LogP contribution in [-0.2, 0) is 20.8 Å². The lowest BCUT2D eigenvalue weighted by Gasteiger charge is -2.13. The van der Waals surface area contributed by atoms with Crippen molar-refractivity contribution in [1.29, 1.82) is 0 Å². The first kappa shape index (κ1) is 19.6. The van der Waals surface area contributed by atoms with Gasteiger partial charge in [-0.15, -0.1) is 0 Å². The van der Waals surface area contributed by atoms with E-state index in [0.29, 0.717) is 32.1 Å². The van der Waals surface area contributed by atoms with Crippen molar-refractivity contribution in [3.8, 4) is 5.69 Å². The van der Waals surface area contributed by atoms with E-state index >= 15 is 0 Å². The molecule has 0 saturated heterocycles. The SMILES string of the molecule is CCOCCOC(C)C(=O)NCc1cccc(-n2ccc(C(=O)O)n2)c1. The molecule has 2 rings (SSSR count). The molecule has 0 saturated carbocycles. The van der Waals surface area contributed by atoms with Gasteiger partial charge in [0.2, 0.25) is 5.91 Å².